The highest BCUT2D eigenvalue weighted by Gasteiger charge is 2.35. The number of thioether (sulfide) groups is 2. The molecule has 0 aliphatic carbocycles. The summed E-state index contributed by atoms with van der Waals surface area (Å²) >= 11 is 2.77. The SMILES string of the molecule is C=C(C)/C=C/C=C/C(=C(/Sc1ccc(OC)cc1)C(C)=O)N1CCN(S(=O)(=O)C2CC=CS2)CC1. The number of benzene rings is 1. The molecule has 35 heavy (non-hydrogen) atoms. The lowest BCUT2D eigenvalue weighted by atomic mass is 10.2. The van der Waals surface area contributed by atoms with Gasteiger partial charge >= 0.3 is 0 Å². The Hall–Kier alpha value is -2.20. The van der Waals surface area contributed by atoms with Gasteiger partial charge in [0.15, 0.2) is 5.78 Å². The number of ketones is 1. The highest BCUT2D eigenvalue weighted by molar-refractivity contribution is 8.14. The number of carbonyl (C=O) groups is 1. The van der Waals surface area contributed by atoms with E-state index in [0.717, 1.165) is 21.9 Å². The minimum absolute atomic E-state index is 0.0437. The van der Waals surface area contributed by atoms with Crippen molar-refractivity contribution < 1.29 is 17.9 Å². The fraction of sp³-hybridized carbons (Fsp3) is 0.346. The zero-order chi connectivity index (χ0) is 25.4. The quantitative estimate of drug-likeness (QED) is 0.233. The molecule has 1 atom stereocenters. The van der Waals surface area contributed by atoms with Crippen molar-refractivity contribution in [3.8, 4) is 5.75 Å². The standard InChI is InChI=1S/C26H32N2O4S3/c1-20(2)8-5-6-9-24(26(21(3)29)34-23-13-11-22(32-4)12-14-23)27-15-17-28(18-16-27)35(30,31)25-10-7-19-33-25/h5-9,11-14,19,25H,1,10,15-18H2,2-4H3/b8-5+,9-6+,26-24-. The molecule has 3 rings (SSSR count). The Morgan fingerprint density at radius 2 is 1.77 bits per heavy atom. The number of nitrogens with zero attached hydrogens (tertiary/aromatic N) is 2. The smallest absolute Gasteiger partial charge is 0.227 e. The van der Waals surface area contributed by atoms with Gasteiger partial charge in [0.25, 0.3) is 0 Å². The van der Waals surface area contributed by atoms with Crippen molar-refractivity contribution in [2.75, 3.05) is 33.3 Å². The minimum atomic E-state index is -3.36. The number of sulfonamides is 1. The predicted octanol–water partition coefficient (Wildman–Crippen LogP) is 5.20. The van der Waals surface area contributed by atoms with Crippen LogP contribution in [0.2, 0.25) is 0 Å². The molecule has 1 aromatic carbocycles. The largest absolute Gasteiger partial charge is 0.497 e. The molecule has 0 radical (unpaired) electrons. The molecule has 6 nitrogen and oxygen atoms in total. The van der Waals surface area contributed by atoms with Crippen molar-refractivity contribution in [1.29, 1.82) is 0 Å². The van der Waals surface area contributed by atoms with Crippen LogP contribution in [-0.4, -0.2) is 61.3 Å². The maximum absolute atomic E-state index is 13.0. The van der Waals surface area contributed by atoms with Crippen molar-refractivity contribution in [2.24, 2.45) is 0 Å². The Labute approximate surface area is 217 Å². The van der Waals surface area contributed by atoms with Gasteiger partial charge in [0.2, 0.25) is 10.0 Å². The predicted molar refractivity (Wildman–Crippen MR) is 147 cm³/mol. The number of ether oxygens (including phenoxy) is 1. The van der Waals surface area contributed by atoms with Crippen LogP contribution in [0.4, 0.5) is 0 Å². The lowest BCUT2D eigenvalue weighted by Crippen LogP contribution is -2.50. The zero-order valence-electron chi connectivity index (χ0n) is 20.3. The van der Waals surface area contributed by atoms with Gasteiger partial charge in [0, 0.05) is 31.1 Å². The van der Waals surface area contributed by atoms with Gasteiger partial charge in [0.05, 0.1) is 17.7 Å². The van der Waals surface area contributed by atoms with Gasteiger partial charge in [-0.3, -0.25) is 4.79 Å². The molecular formula is C26H32N2O4S3. The topological polar surface area (TPSA) is 66.9 Å². The van der Waals surface area contributed by atoms with Gasteiger partial charge in [-0.1, -0.05) is 48.2 Å². The van der Waals surface area contributed by atoms with Crippen LogP contribution in [0.5, 0.6) is 5.75 Å². The molecule has 1 unspecified atom stereocenters. The summed E-state index contributed by atoms with van der Waals surface area (Å²) in [6.45, 7) is 9.15. The van der Waals surface area contributed by atoms with E-state index in [4.69, 9.17) is 4.74 Å². The maximum Gasteiger partial charge on any atom is 0.227 e. The van der Waals surface area contributed by atoms with Gasteiger partial charge in [-0.05, 0) is 56.0 Å². The zero-order valence-corrected chi connectivity index (χ0v) is 22.8. The normalized spacial score (nSPS) is 20.0. The van der Waals surface area contributed by atoms with Crippen LogP contribution in [0.25, 0.3) is 0 Å². The van der Waals surface area contributed by atoms with Crippen LogP contribution in [0, 0.1) is 0 Å². The fourth-order valence-corrected chi connectivity index (χ4v) is 7.72. The molecular weight excluding hydrogens is 500 g/mol. The summed E-state index contributed by atoms with van der Waals surface area (Å²) in [7, 11) is -1.75. The van der Waals surface area contributed by atoms with Gasteiger partial charge in [0.1, 0.15) is 10.3 Å². The van der Waals surface area contributed by atoms with E-state index < -0.39 is 14.6 Å². The Kier molecular flexibility index (Phi) is 9.91. The fourth-order valence-electron chi connectivity index (χ4n) is 3.66. The highest BCUT2D eigenvalue weighted by atomic mass is 32.3. The second kappa shape index (κ2) is 12.7. The molecule has 0 amide bonds. The van der Waals surface area contributed by atoms with Crippen LogP contribution in [0.15, 0.2) is 87.7 Å². The van der Waals surface area contributed by atoms with E-state index in [1.807, 2.05) is 67.0 Å². The highest BCUT2D eigenvalue weighted by Crippen LogP contribution is 2.34. The molecule has 1 fully saturated rings. The van der Waals surface area contributed by atoms with Crippen LogP contribution >= 0.6 is 23.5 Å². The number of rotatable bonds is 10. The van der Waals surface area contributed by atoms with Crippen molar-refractivity contribution in [3.63, 3.8) is 0 Å². The Balaban J connectivity index is 1.86. The average molecular weight is 533 g/mol. The number of carbonyl (C=O) groups excluding carboxylic acids is 1. The lowest BCUT2D eigenvalue weighted by Gasteiger charge is -2.37. The van der Waals surface area contributed by atoms with E-state index in [0.29, 0.717) is 37.5 Å². The molecule has 1 aromatic rings. The van der Waals surface area contributed by atoms with Gasteiger partial charge < -0.3 is 9.64 Å². The third kappa shape index (κ3) is 7.39. The number of hydrogen-bond acceptors (Lipinski definition) is 7. The number of Topliss-reactive ketones (excluding diaryl/α,β-unsaturated/α-hetero) is 1. The maximum atomic E-state index is 13.0. The van der Waals surface area contributed by atoms with E-state index in [9.17, 15) is 13.2 Å². The summed E-state index contributed by atoms with van der Waals surface area (Å²) in [6.07, 6.45) is 10.1. The van der Waals surface area contributed by atoms with Crippen LogP contribution < -0.4 is 4.74 Å². The molecule has 0 aromatic heterocycles. The Morgan fingerprint density at radius 1 is 1.11 bits per heavy atom. The first-order chi connectivity index (χ1) is 16.7. The molecule has 0 saturated carbocycles. The number of piperazine rings is 1. The molecule has 2 heterocycles. The van der Waals surface area contributed by atoms with Crippen LogP contribution in [0.3, 0.4) is 0 Å². The first kappa shape index (κ1) is 27.4. The summed E-state index contributed by atoms with van der Waals surface area (Å²) in [5, 5.41) is 1.86. The second-order valence-corrected chi connectivity index (χ2v) is 12.8. The van der Waals surface area contributed by atoms with Crippen LogP contribution in [-0.2, 0) is 14.8 Å². The molecule has 2 aliphatic rings. The van der Waals surface area contributed by atoms with Gasteiger partial charge in [-0.15, -0.1) is 11.8 Å². The monoisotopic (exact) mass is 532 g/mol. The van der Waals surface area contributed by atoms with Crippen molar-refractivity contribution >= 4 is 39.3 Å². The van der Waals surface area contributed by atoms with Crippen molar-refractivity contribution in [3.05, 3.63) is 82.8 Å². The van der Waals surface area contributed by atoms with Gasteiger partial charge in [-0.25, -0.2) is 8.42 Å². The summed E-state index contributed by atoms with van der Waals surface area (Å²) in [4.78, 5) is 16.4. The van der Waals surface area contributed by atoms with Crippen molar-refractivity contribution in [1.82, 2.24) is 9.21 Å². The molecule has 0 N–H and O–H groups in total. The summed E-state index contributed by atoms with van der Waals surface area (Å²) in [6, 6.07) is 7.58. The summed E-state index contributed by atoms with van der Waals surface area (Å²) in [5.74, 6) is 0.707. The van der Waals surface area contributed by atoms with E-state index in [1.165, 1.54) is 23.5 Å². The third-order valence-corrected chi connectivity index (χ3v) is 10.6. The molecule has 188 valence electrons. The van der Waals surface area contributed by atoms with Gasteiger partial charge in [-0.2, -0.15) is 4.31 Å². The first-order valence-electron chi connectivity index (χ1n) is 11.3. The molecule has 9 heteroatoms. The summed E-state index contributed by atoms with van der Waals surface area (Å²) < 4.78 is 32.4. The molecule has 0 spiro atoms. The Morgan fingerprint density at radius 3 is 2.31 bits per heavy atom. The number of hydrogen-bond donors (Lipinski definition) is 0. The number of methoxy groups -OCH3 is 1. The third-order valence-electron chi connectivity index (χ3n) is 5.50. The van der Waals surface area contributed by atoms with E-state index in [1.54, 1.807) is 18.3 Å². The Bertz CT molecular complexity index is 1140. The van der Waals surface area contributed by atoms with E-state index in [-0.39, 0.29) is 5.78 Å². The minimum Gasteiger partial charge on any atom is -0.497 e. The van der Waals surface area contributed by atoms with Crippen LogP contribution in [0.1, 0.15) is 20.3 Å². The first-order valence-corrected chi connectivity index (χ1v) is 14.6. The number of allylic oxidation sites excluding steroid dienone is 7. The summed E-state index contributed by atoms with van der Waals surface area (Å²) in [5.41, 5.74) is 1.72. The average Bonchev–Trinajstić information content (AvgIpc) is 3.39. The lowest BCUT2D eigenvalue weighted by molar-refractivity contribution is -0.113. The molecule has 1 saturated heterocycles. The van der Waals surface area contributed by atoms with E-state index in [2.05, 4.69) is 11.5 Å². The second-order valence-electron chi connectivity index (χ2n) is 8.22. The van der Waals surface area contributed by atoms with E-state index >= 15 is 0 Å². The molecule has 2 aliphatic heterocycles. The molecule has 0 bridgehead atoms. The van der Waals surface area contributed by atoms with Crippen molar-refractivity contribution in [2.45, 2.75) is 29.7 Å².